The quantitative estimate of drug-likeness (QED) is 0.565. The minimum atomic E-state index is 0.667. The van der Waals surface area contributed by atoms with Crippen molar-refractivity contribution < 1.29 is 0 Å². The molecule has 0 bridgehead atoms. The van der Waals surface area contributed by atoms with E-state index >= 15 is 0 Å². The first-order valence-corrected chi connectivity index (χ1v) is 7.17. The lowest BCUT2D eigenvalue weighted by Crippen LogP contribution is -1.87. The lowest BCUT2D eigenvalue weighted by molar-refractivity contribution is 1.43. The number of rotatable bonds is 2. The zero-order valence-corrected chi connectivity index (χ0v) is 12.5. The van der Waals surface area contributed by atoms with E-state index in [1.807, 2.05) is 24.3 Å². The van der Waals surface area contributed by atoms with E-state index in [0.29, 0.717) is 20.4 Å². The monoisotopic (exact) mass is 348 g/mol. The van der Waals surface area contributed by atoms with Gasteiger partial charge in [0.1, 0.15) is 0 Å². The van der Waals surface area contributed by atoms with Crippen molar-refractivity contribution >= 4 is 50.7 Å². The van der Waals surface area contributed by atoms with Gasteiger partial charge in [0.05, 0.1) is 0 Å². The Bertz CT molecular complexity index is 552. The van der Waals surface area contributed by atoms with E-state index in [0.717, 1.165) is 16.7 Å². The van der Waals surface area contributed by atoms with Crippen LogP contribution < -0.4 is 0 Å². The lowest BCUT2D eigenvalue weighted by atomic mass is 10.0. The molecular weight excluding hydrogens is 342 g/mol. The zero-order valence-electron chi connectivity index (χ0n) is 8.68. The van der Waals surface area contributed by atoms with Crippen molar-refractivity contribution in [2.75, 3.05) is 0 Å². The number of hydrogen-bond donors (Lipinski definition) is 0. The van der Waals surface area contributed by atoms with Crippen LogP contribution in [0.15, 0.2) is 36.4 Å². The van der Waals surface area contributed by atoms with Gasteiger partial charge in [-0.2, -0.15) is 0 Å². The van der Waals surface area contributed by atoms with Gasteiger partial charge in [-0.25, -0.2) is 0 Å². The summed E-state index contributed by atoms with van der Waals surface area (Å²) in [5, 5.41) is 2.77. The second kappa shape index (κ2) is 5.62. The van der Waals surface area contributed by atoms with E-state index in [-0.39, 0.29) is 0 Å². The molecule has 2 aromatic rings. The van der Waals surface area contributed by atoms with Crippen LogP contribution in [0, 0.1) is 0 Å². The summed E-state index contributed by atoms with van der Waals surface area (Å²) in [5.74, 6) is 0. The van der Waals surface area contributed by atoms with Gasteiger partial charge in [0.15, 0.2) is 0 Å². The van der Waals surface area contributed by atoms with Crippen LogP contribution in [0.25, 0.3) is 11.1 Å². The molecule has 17 heavy (non-hydrogen) atoms. The lowest BCUT2D eigenvalue weighted by Gasteiger charge is -2.10. The second-order valence-electron chi connectivity index (χ2n) is 3.56. The Labute approximate surface area is 124 Å². The minimum absolute atomic E-state index is 0.667. The van der Waals surface area contributed by atoms with Crippen molar-refractivity contribution in [1.82, 2.24) is 0 Å². The maximum absolute atomic E-state index is 6.19. The van der Waals surface area contributed by atoms with Gasteiger partial charge >= 0.3 is 0 Å². The molecule has 0 N–H and O–H groups in total. The van der Waals surface area contributed by atoms with E-state index in [9.17, 15) is 0 Å². The summed E-state index contributed by atoms with van der Waals surface area (Å²) in [6.07, 6.45) is 0. The van der Waals surface area contributed by atoms with Crippen LogP contribution in [0.3, 0.4) is 0 Å². The van der Waals surface area contributed by atoms with Gasteiger partial charge in [0.25, 0.3) is 0 Å². The SMILES string of the molecule is Clc1ccc(-c2cc(Cl)ccc2Cl)c(CBr)c1. The highest BCUT2D eigenvalue weighted by Crippen LogP contribution is 2.34. The molecule has 4 heteroatoms. The molecule has 0 aromatic heterocycles. The molecule has 0 atom stereocenters. The summed E-state index contributed by atoms with van der Waals surface area (Å²) < 4.78 is 0. The van der Waals surface area contributed by atoms with Crippen molar-refractivity contribution in [2.24, 2.45) is 0 Å². The largest absolute Gasteiger partial charge is 0.0876 e. The fourth-order valence-corrected chi connectivity index (χ4v) is 2.69. The van der Waals surface area contributed by atoms with Crippen LogP contribution in [-0.4, -0.2) is 0 Å². The summed E-state index contributed by atoms with van der Waals surface area (Å²) in [6, 6.07) is 11.2. The average Bonchev–Trinajstić information content (AvgIpc) is 2.32. The van der Waals surface area contributed by atoms with Crippen LogP contribution in [0.4, 0.5) is 0 Å². The van der Waals surface area contributed by atoms with Gasteiger partial charge in [-0.05, 0) is 41.5 Å². The molecule has 88 valence electrons. The summed E-state index contributed by atoms with van der Waals surface area (Å²) in [5.41, 5.74) is 3.05. The van der Waals surface area contributed by atoms with E-state index in [1.54, 1.807) is 12.1 Å². The van der Waals surface area contributed by atoms with Gasteiger partial charge in [0, 0.05) is 26.0 Å². The summed E-state index contributed by atoms with van der Waals surface area (Å²) >= 11 is 21.6. The fraction of sp³-hybridized carbons (Fsp3) is 0.0769. The first-order chi connectivity index (χ1) is 8.11. The van der Waals surface area contributed by atoms with Crippen LogP contribution in [0.2, 0.25) is 15.1 Å². The summed E-state index contributed by atoms with van der Waals surface area (Å²) in [7, 11) is 0. The Kier molecular flexibility index (Phi) is 4.37. The molecule has 0 unspecified atom stereocenters. The predicted molar refractivity (Wildman–Crippen MR) is 79.5 cm³/mol. The maximum Gasteiger partial charge on any atom is 0.0485 e. The fourth-order valence-electron chi connectivity index (χ4n) is 1.64. The molecule has 0 spiro atoms. The highest BCUT2D eigenvalue weighted by Gasteiger charge is 2.09. The summed E-state index contributed by atoms with van der Waals surface area (Å²) in [4.78, 5) is 0. The van der Waals surface area contributed by atoms with E-state index in [2.05, 4.69) is 15.9 Å². The molecule has 0 heterocycles. The minimum Gasteiger partial charge on any atom is -0.0876 e. The molecule has 0 nitrogen and oxygen atoms in total. The third-order valence-electron chi connectivity index (χ3n) is 2.43. The second-order valence-corrected chi connectivity index (χ2v) is 5.40. The number of alkyl halides is 1. The predicted octanol–water partition coefficient (Wildman–Crippen LogP) is 6.21. The summed E-state index contributed by atoms with van der Waals surface area (Å²) in [6.45, 7) is 0. The van der Waals surface area contributed by atoms with Gasteiger partial charge < -0.3 is 0 Å². The van der Waals surface area contributed by atoms with E-state index in [1.165, 1.54) is 0 Å². The normalized spacial score (nSPS) is 10.6. The van der Waals surface area contributed by atoms with Crippen molar-refractivity contribution in [3.05, 3.63) is 57.0 Å². The smallest absolute Gasteiger partial charge is 0.0485 e. The third kappa shape index (κ3) is 2.97. The molecule has 0 aliphatic heterocycles. The molecule has 0 fully saturated rings. The molecule has 2 rings (SSSR count). The number of halogens is 4. The van der Waals surface area contributed by atoms with Gasteiger partial charge in [-0.15, -0.1) is 0 Å². The van der Waals surface area contributed by atoms with Crippen molar-refractivity contribution in [3.63, 3.8) is 0 Å². The van der Waals surface area contributed by atoms with Crippen molar-refractivity contribution in [3.8, 4) is 11.1 Å². The van der Waals surface area contributed by atoms with Gasteiger partial charge in [0.2, 0.25) is 0 Å². The molecule has 0 aliphatic carbocycles. The standard InChI is InChI=1S/C13H8BrCl3/c14-7-8-5-9(15)1-3-11(8)12-6-10(16)2-4-13(12)17/h1-6H,7H2. The number of benzene rings is 2. The topological polar surface area (TPSA) is 0 Å². The van der Waals surface area contributed by atoms with Crippen LogP contribution in [0.5, 0.6) is 0 Å². The van der Waals surface area contributed by atoms with Crippen LogP contribution in [-0.2, 0) is 5.33 Å². The maximum atomic E-state index is 6.19. The van der Waals surface area contributed by atoms with Crippen LogP contribution >= 0.6 is 50.7 Å². The molecule has 2 aromatic carbocycles. The van der Waals surface area contributed by atoms with Crippen molar-refractivity contribution in [2.45, 2.75) is 5.33 Å². The highest BCUT2D eigenvalue weighted by atomic mass is 79.9. The first-order valence-electron chi connectivity index (χ1n) is 4.91. The Morgan fingerprint density at radius 1 is 0.824 bits per heavy atom. The van der Waals surface area contributed by atoms with E-state index < -0.39 is 0 Å². The first kappa shape index (κ1) is 13.2. The Morgan fingerprint density at radius 3 is 2.18 bits per heavy atom. The third-order valence-corrected chi connectivity index (χ3v) is 3.83. The molecule has 0 amide bonds. The molecule has 0 aliphatic rings. The molecule has 0 radical (unpaired) electrons. The molecular formula is C13H8BrCl3. The van der Waals surface area contributed by atoms with Gasteiger partial charge in [-0.1, -0.05) is 56.8 Å². The zero-order chi connectivity index (χ0) is 12.4. The van der Waals surface area contributed by atoms with E-state index in [4.69, 9.17) is 34.8 Å². The Hall–Kier alpha value is -0.210. The highest BCUT2D eigenvalue weighted by molar-refractivity contribution is 9.08. The average molecular weight is 350 g/mol. The van der Waals surface area contributed by atoms with Gasteiger partial charge in [-0.3, -0.25) is 0 Å². The molecule has 0 saturated heterocycles. The number of hydrogen-bond acceptors (Lipinski definition) is 0. The van der Waals surface area contributed by atoms with Crippen molar-refractivity contribution in [1.29, 1.82) is 0 Å². The Morgan fingerprint density at radius 2 is 1.47 bits per heavy atom. The Balaban J connectivity index is 2.63. The van der Waals surface area contributed by atoms with Crippen LogP contribution in [0.1, 0.15) is 5.56 Å². The molecule has 0 saturated carbocycles.